The Hall–Kier alpha value is -0.870. The molecule has 2 atom stereocenters. The van der Waals surface area contributed by atoms with E-state index >= 15 is 0 Å². The summed E-state index contributed by atoms with van der Waals surface area (Å²) in [5.74, 6) is 1.33. The first-order valence-corrected chi connectivity index (χ1v) is 8.59. The van der Waals surface area contributed by atoms with Gasteiger partial charge in [0.25, 0.3) is 0 Å². The Morgan fingerprint density at radius 2 is 1.89 bits per heavy atom. The molecule has 1 heterocycles. The third-order valence-electron chi connectivity index (χ3n) is 3.76. The molecule has 106 valence electrons. The summed E-state index contributed by atoms with van der Waals surface area (Å²) >= 11 is 0. The summed E-state index contributed by atoms with van der Waals surface area (Å²) in [7, 11) is -3.07. The van der Waals surface area contributed by atoms with Crippen LogP contribution >= 0.6 is 0 Å². The lowest BCUT2D eigenvalue weighted by Crippen LogP contribution is -2.28. The van der Waals surface area contributed by atoms with Crippen LogP contribution in [0.15, 0.2) is 29.2 Å². The number of rotatable bonds is 5. The molecule has 1 aromatic carbocycles. The Kier molecular flexibility index (Phi) is 4.31. The van der Waals surface area contributed by atoms with Crippen molar-refractivity contribution in [3.05, 3.63) is 29.8 Å². The van der Waals surface area contributed by atoms with E-state index in [1.807, 2.05) is 12.1 Å². The highest BCUT2D eigenvalue weighted by molar-refractivity contribution is 7.91. The SMILES string of the molecule is CC(C)CNCC(C)C1CS(=O)(=O)c2ccccc21. The van der Waals surface area contributed by atoms with E-state index in [0.29, 0.717) is 16.7 Å². The van der Waals surface area contributed by atoms with Crippen LogP contribution in [-0.4, -0.2) is 27.3 Å². The zero-order valence-corrected chi connectivity index (χ0v) is 12.7. The molecular formula is C15H23NO2S. The summed E-state index contributed by atoms with van der Waals surface area (Å²) in [6.07, 6.45) is 0. The van der Waals surface area contributed by atoms with Crippen molar-refractivity contribution in [2.24, 2.45) is 11.8 Å². The summed E-state index contributed by atoms with van der Waals surface area (Å²) in [5, 5.41) is 3.42. The molecule has 4 heteroatoms. The third-order valence-corrected chi connectivity index (χ3v) is 5.60. The Morgan fingerprint density at radius 3 is 2.58 bits per heavy atom. The predicted octanol–water partition coefficient (Wildman–Crippen LogP) is 2.44. The topological polar surface area (TPSA) is 46.2 Å². The van der Waals surface area contributed by atoms with Crippen molar-refractivity contribution in [2.75, 3.05) is 18.8 Å². The van der Waals surface area contributed by atoms with Crippen LogP contribution in [0.4, 0.5) is 0 Å². The van der Waals surface area contributed by atoms with E-state index in [4.69, 9.17) is 0 Å². The number of nitrogens with one attached hydrogen (secondary N) is 1. The molecule has 0 saturated heterocycles. The summed E-state index contributed by atoms with van der Waals surface area (Å²) in [6, 6.07) is 7.43. The van der Waals surface area contributed by atoms with Crippen molar-refractivity contribution in [3.8, 4) is 0 Å². The van der Waals surface area contributed by atoms with Gasteiger partial charge in [-0.3, -0.25) is 0 Å². The Balaban J connectivity index is 2.11. The van der Waals surface area contributed by atoms with Gasteiger partial charge in [0.05, 0.1) is 10.6 Å². The van der Waals surface area contributed by atoms with E-state index < -0.39 is 9.84 Å². The van der Waals surface area contributed by atoms with E-state index in [1.165, 1.54) is 0 Å². The maximum absolute atomic E-state index is 12.1. The van der Waals surface area contributed by atoms with Gasteiger partial charge < -0.3 is 5.32 Å². The largest absolute Gasteiger partial charge is 0.316 e. The molecule has 2 unspecified atom stereocenters. The Bertz CT molecular complexity index is 537. The van der Waals surface area contributed by atoms with Gasteiger partial charge in [-0.25, -0.2) is 8.42 Å². The van der Waals surface area contributed by atoms with Gasteiger partial charge >= 0.3 is 0 Å². The van der Waals surface area contributed by atoms with Crippen LogP contribution in [0.5, 0.6) is 0 Å². The highest BCUT2D eigenvalue weighted by atomic mass is 32.2. The molecule has 19 heavy (non-hydrogen) atoms. The van der Waals surface area contributed by atoms with Crippen LogP contribution in [-0.2, 0) is 9.84 Å². The number of sulfone groups is 1. The van der Waals surface area contributed by atoms with Crippen molar-refractivity contribution >= 4 is 9.84 Å². The van der Waals surface area contributed by atoms with Gasteiger partial charge in [-0.05, 0) is 36.6 Å². The lowest BCUT2D eigenvalue weighted by molar-refractivity contribution is 0.431. The molecule has 1 aliphatic heterocycles. The average Bonchev–Trinajstić information content (AvgIpc) is 2.62. The van der Waals surface area contributed by atoms with E-state index in [1.54, 1.807) is 12.1 Å². The second-order valence-electron chi connectivity index (χ2n) is 5.96. The molecule has 0 aliphatic carbocycles. The van der Waals surface area contributed by atoms with Crippen molar-refractivity contribution in [3.63, 3.8) is 0 Å². The Labute approximate surface area is 116 Å². The highest BCUT2D eigenvalue weighted by Crippen LogP contribution is 2.38. The van der Waals surface area contributed by atoms with Crippen molar-refractivity contribution in [1.29, 1.82) is 0 Å². The maximum Gasteiger partial charge on any atom is 0.179 e. The van der Waals surface area contributed by atoms with Crippen molar-refractivity contribution in [1.82, 2.24) is 5.32 Å². The average molecular weight is 281 g/mol. The quantitative estimate of drug-likeness (QED) is 0.901. The van der Waals surface area contributed by atoms with Gasteiger partial charge in [0, 0.05) is 5.92 Å². The van der Waals surface area contributed by atoms with Crippen LogP contribution in [0.2, 0.25) is 0 Å². The Morgan fingerprint density at radius 1 is 1.21 bits per heavy atom. The zero-order chi connectivity index (χ0) is 14.0. The minimum Gasteiger partial charge on any atom is -0.316 e. The fourth-order valence-electron chi connectivity index (χ4n) is 2.70. The minimum absolute atomic E-state index is 0.126. The maximum atomic E-state index is 12.1. The van der Waals surface area contributed by atoms with Crippen LogP contribution < -0.4 is 5.32 Å². The number of fused-ring (bicyclic) bond motifs is 1. The molecule has 1 aliphatic rings. The first-order valence-electron chi connectivity index (χ1n) is 6.94. The fourth-order valence-corrected chi connectivity index (χ4v) is 4.72. The van der Waals surface area contributed by atoms with Crippen molar-refractivity contribution in [2.45, 2.75) is 31.6 Å². The van der Waals surface area contributed by atoms with Gasteiger partial charge in [-0.2, -0.15) is 0 Å². The van der Waals surface area contributed by atoms with Gasteiger partial charge in [0.2, 0.25) is 0 Å². The van der Waals surface area contributed by atoms with E-state index in [9.17, 15) is 8.42 Å². The summed E-state index contributed by atoms with van der Waals surface area (Å²) in [6.45, 7) is 8.33. The third kappa shape index (κ3) is 3.18. The lowest BCUT2D eigenvalue weighted by atomic mass is 9.89. The standard InChI is InChI=1S/C15H23NO2S/c1-11(2)8-16-9-12(3)14-10-19(17,18)15-7-5-4-6-13(14)15/h4-7,11-12,14,16H,8-10H2,1-3H3. The first-order chi connectivity index (χ1) is 8.92. The monoisotopic (exact) mass is 281 g/mol. The van der Waals surface area contributed by atoms with E-state index in [0.717, 1.165) is 18.7 Å². The number of hydrogen-bond acceptors (Lipinski definition) is 3. The molecule has 0 aromatic heterocycles. The van der Waals surface area contributed by atoms with E-state index in [-0.39, 0.29) is 11.7 Å². The van der Waals surface area contributed by atoms with Gasteiger partial charge in [0.1, 0.15) is 0 Å². The molecule has 0 spiro atoms. The molecular weight excluding hydrogens is 258 g/mol. The molecule has 1 N–H and O–H groups in total. The zero-order valence-electron chi connectivity index (χ0n) is 11.9. The van der Waals surface area contributed by atoms with Crippen LogP contribution in [0.25, 0.3) is 0 Å². The molecule has 0 amide bonds. The van der Waals surface area contributed by atoms with Crippen LogP contribution in [0.3, 0.4) is 0 Å². The van der Waals surface area contributed by atoms with Crippen LogP contribution in [0.1, 0.15) is 32.3 Å². The van der Waals surface area contributed by atoms with Crippen LogP contribution in [0, 0.1) is 11.8 Å². The molecule has 1 aromatic rings. The molecule has 2 rings (SSSR count). The summed E-state index contributed by atoms with van der Waals surface area (Å²) in [5.41, 5.74) is 1.00. The highest BCUT2D eigenvalue weighted by Gasteiger charge is 2.36. The molecule has 0 fully saturated rings. The summed E-state index contributed by atoms with van der Waals surface area (Å²) in [4.78, 5) is 0.538. The number of benzene rings is 1. The predicted molar refractivity (Wildman–Crippen MR) is 78.1 cm³/mol. The smallest absolute Gasteiger partial charge is 0.179 e. The lowest BCUT2D eigenvalue weighted by Gasteiger charge is -2.20. The molecule has 0 bridgehead atoms. The molecule has 0 saturated carbocycles. The van der Waals surface area contributed by atoms with Gasteiger partial charge in [-0.1, -0.05) is 39.0 Å². The minimum atomic E-state index is -3.07. The van der Waals surface area contributed by atoms with Gasteiger partial charge in [0.15, 0.2) is 9.84 Å². The van der Waals surface area contributed by atoms with Crippen molar-refractivity contribution < 1.29 is 8.42 Å². The summed E-state index contributed by atoms with van der Waals surface area (Å²) < 4.78 is 24.3. The molecule has 3 nitrogen and oxygen atoms in total. The van der Waals surface area contributed by atoms with Gasteiger partial charge in [-0.15, -0.1) is 0 Å². The van der Waals surface area contributed by atoms with E-state index in [2.05, 4.69) is 26.1 Å². The second kappa shape index (κ2) is 5.63. The fraction of sp³-hybridized carbons (Fsp3) is 0.600. The molecule has 0 radical (unpaired) electrons. The number of hydrogen-bond donors (Lipinski definition) is 1. The first kappa shape index (κ1) is 14.5. The normalized spacial score (nSPS) is 22.4. The second-order valence-corrected chi connectivity index (χ2v) is 7.96.